The molecule has 0 saturated heterocycles. The summed E-state index contributed by atoms with van der Waals surface area (Å²) in [5.41, 5.74) is 10.2. The number of aromatic nitrogens is 2. The van der Waals surface area contributed by atoms with Crippen molar-refractivity contribution in [1.82, 2.24) is 9.78 Å². The molecule has 1 aromatic heterocycles. The number of amides is 1. The molecule has 0 saturated carbocycles. The van der Waals surface area contributed by atoms with E-state index in [1.54, 1.807) is 0 Å². The van der Waals surface area contributed by atoms with Gasteiger partial charge in [-0.15, -0.1) is 0 Å². The summed E-state index contributed by atoms with van der Waals surface area (Å²) < 4.78 is 38.3. The Balaban J connectivity index is 2.49. The Morgan fingerprint density at radius 3 is 2.47 bits per heavy atom. The molecule has 0 unspecified atom stereocenters. The van der Waals surface area contributed by atoms with Gasteiger partial charge in [-0.25, -0.2) is 4.68 Å². The van der Waals surface area contributed by atoms with Crippen LogP contribution in [0.25, 0.3) is 5.69 Å². The first-order valence-electron chi connectivity index (χ1n) is 5.11. The number of rotatable bonds is 2. The Morgan fingerprint density at radius 2 is 1.95 bits per heavy atom. The summed E-state index contributed by atoms with van der Waals surface area (Å²) in [5, 5.41) is 3.37. The van der Waals surface area contributed by atoms with Crippen LogP contribution in [0, 0.1) is 0 Å². The third-order valence-corrected chi connectivity index (χ3v) is 2.44. The minimum absolute atomic E-state index is 0.133. The highest BCUT2D eigenvalue weighted by Gasteiger charge is 2.33. The molecule has 0 spiro atoms. The summed E-state index contributed by atoms with van der Waals surface area (Å²) in [4.78, 5) is 11.0. The van der Waals surface area contributed by atoms with Gasteiger partial charge in [0.2, 0.25) is 5.91 Å². The highest BCUT2D eigenvalue weighted by atomic mass is 19.4. The topological polar surface area (TPSA) is 86.9 Å². The molecule has 0 aliphatic rings. The summed E-state index contributed by atoms with van der Waals surface area (Å²) in [6, 6.07) is 4.86. The number of benzene rings is 1. The van der Waals surface area contributed by atoms with Gasteiger partial charge < -0.3 is 11.5 Å². The number of carbonyl (C=O) groups is 1. The van der Waals surface area contributed by atoms with Gasteiger partial charge in [-0.1, -0.05) is 0 Å². The van der Waals surface area contributed by atoms with Gasteiger partial charge in [0.05, 0.1) is 11.4 Å². The molecule has 0 fully saturated rings. The maximum atomic E-state index is 12.4. The Kier molecular flexibility index (Phi) is 2.93. The fraction of sp³-hybridized carbons (Fsp3) is 0.0909. The van der Waals surface area contributed by atoms with E-state index in [1.165, 1.54) is 18.2 Å². The zero-order valence-corrected chi connectivity index (χ0v) is 9.48. The average Bonchev–Trinajstić information content (AvgIpc) is 2.78. The van der Waals surface area contributed by atoms with E-state index in [2.05, 4.69) is 5.10 Å². The molecule has 0 radical (unpaired) electrons. The molecule has 1 amide bonds. The molecular weight excluding hydrogens is 261 g/mol. The van der Waals surface area contributed by atoms with E-state index in [4.69, 9.17) is 11.5 Å². The van der Waals surface area contributed by atoms with Crippen molar-refractivity contribution in [3.63, 3.8) is 0 Å². The Hall–Kier alpha value is -2.51. The molecule has 2 aromatic rings. The molecular formula is C11H9F3N4O. The molecule has 1 heterocycles. The van der Waals surface area contributed by atoms with Crippen LogP contribution in [-0.4, -0.2) is 15.7 Å². The van der Waals surface area contributed by atoms with Crippen LogP contribution in [0.15, 0.2) is 30.5 Å². The van der Waals surface area contributed by atoms with Crippen LogP contribution in [-0.2, 0) is 6.18 Å². The number of alkyl halides is 3. The van der Waals surface area contributed by atoms with Gasteiger partial charge in [0.15, 0.2) is 5.69 Å². The third kappa shape index (κ3) is 2.51. The number of primary amides is 1. The van der Waals surface area contributed by atoms with E-state index in [0.717, 1.165) is 16.9 Å². The lowest BCUT2D eigenvalue weighted by Gasteiger charge is -2.07. The maximum Gasteiger partial charge on any atom is 0.435 e. The van der Waals surface area contributed by atoms with Gasteiger partial charge in [0, 0.05) is 11.8 Å². The predicted molar refractivity (Wildman–Crippen MR) is 61.5 cm³/mol. The molecule has 19 heavy (non-hydrogen) atoms. The van der Waals surface area contributed by atoms with Crippen LogP contribution >= 0.6 is 0 Å². The number of nitrogen functional groups attached to an aromatic ring is 1. The first kappa shape index (κ1) is 12.9. The van der Waals surface area contributed by atoms with Crippen molar-refractivity contribution in [2.75, 3.05) is 5.73 Å². The first-order chi connectivity index (χ1) is 8.79. The SMILES string of the molecule is NC(=O)c1ccc(N)c(-n2ccc(C(F)(F)F)n2)c1. The van der Waals surface area contributed by atoms with Gasteiger partial charge in [-0.3, -0.25) is 4.79 Å². The van der Waals surface area contributed by atoms with Gasteiger partial charge >= 0.3 is 6.18 Å². The van der Waals surface area contributed by atoms with Crippen molar-refractivity contribution < 1.29 is 18.0 Å². The van der Waals surface area contributed by atoms with Crippen LogP contribution < -0.4 is 11.5 Å². The molecule has 100 valence electrons. The van der Waals surface area contributed by atoms with Crippen LogP contribution in [0.4, 0.5) is 18.9 Å². The molecule has 2 rings (SSSR count). The van der Waals surface area contributed by atoms with E-state index < -0.39 is 17.8 Å². The van der Waals surface area contributed by atoms with Crippen molar-refractivity contribution in [1.29, 1.82) is 0 Å². The van der Waals surface area contributed by atoms with E-state index >= 15 is 0 Å². The van der Waals surface area contributed by atoms with Gasteiger partial charge in [-0.05, 0) is 24.3 Å². The molecule has 0 aliphatic heterocycles. The second kappa shape index (κ2) is 4.30. The normalized spacial score (nSPS) is 11.5. The fourth-order valence-corrected chi connectivity index (χ4v) is 1.50. The minimum Gasteiger partial charge on any atom is -0.397 e. The lowest BCUT2D eigenvalue weighted by molar-refractivity contribution is -0.141. The summed E-state index contributed by atoms with van der Waals surface area (Å²) in [5.74, 6) is -0.704. The van der Waals surface area contributed by atoms with Gasteiger partial charge in [-0.2, -0.15) is 18.3 Å². The van der Waals surface area contributed by atoms with Crippen LogP contribution in [0.1, 0.15) is 16.1 Å². The van der Waals surface area contributed by atoms with Crippen molar-refractivity contribution in [2.45, 2.75) is 6.18 Å². The van der Waals surface area contributed by atoms with Crippen molar-refractivity contribution in [3.8, 4) is 5.69 Å². The number of nitrogens with two attached hydrogens (primary N) is 2. The number of hydrogen-bond acceptors (Lipinski definition) is 3. The van der Waals surface area contributed by atoms with Crippen molar-refractivity contribution in [3.05, 3.63) is 41.7 Å². The maximum absolute atomic E-state index is 12.4. The van der Waals surface area contributed by atoms with Crippen LogP contribution in [0.2, 0.25) is 0 Å². The average molecular weight is 270 g/mol. The minimum atomic E-state index is -4.54. The lowest BCUT2D eigenvalue weighted by atomic mass is 10.1. The second-order valence-electron chi connectivity index (χ2n) is 3.78. The van der Waals surface area contributed by atoms with Crippen LogP contribution in [0.3, 0.4) is 0 Å². The zero-order chi connectivity index (χ0) is 14.2. The number of hydrogen-bond donors (Lipinski definition) is 2. The van der Waals surface area contributed by atoms with Crippen molar-refractivity contribution in [2.24, 2.45) is 5.73 Å². The monoisotopic (exact) mass is 270 g/mol. The Morgan fingerprint density at radius 1 is 1.26 bits per heavy atom. The standard InChI is InChI=1S/C11H9F3N4O/c12-11(13,14)9-3-4-18(17-9)8-5-6(10(16)19)1-2-7(8)15/h1-5H,15H2,(H2,16,19). The molecule has 5 nitrogen and oxygen atoms in total. The van der Waals surface area contributed by atoms with E-state index in [0.29, 0.717) is 0 Å². The molecule has 0 bridgehead atoms. The number of carbonyl (C=O) groups excluding carboxylic acids is 1. The quantitative estimate of drug-likeness (QED) is 0.812. The zero-order valence-electron chi connectivity index (χ0n) is 9.48. The van der Waals surface area contributed by atoms with E-state index in [-0.39, 0.29) is 16.9 Å². The largest absolute Gasteiger partial charge is 0.435 e. The Bertz CT molecular complexity index is 633. The molecule has 1 aromatic carbocycles. The third-order valence-electron chi connectivity index (χ3n) is 2.44. The predicted octanol–water partition coefficient (Wildman–Crippen LogP) is 1.57. The summed E-state index contributed by atoms with van der Waals surface area (Å²) in [7, 11) is 0. The summed E-state index contributed by atoms with van der Waals surface area (Å²) in [6.45, 7) is 0. The molecule has 0 aliphatic carbocycles. The number of nitrogens with zero attached hydrogens (tertiary/aromatic N) is 2. The number of anilines is 1. The van der Waals surface area contributed by atoms with Gasteiger partial charge in [0.25, 0.3) is 0 Å². The molecule has 0 atom stereocenters. The fourth-order valence-electron chi connectivity index (χ4n) is 1.50. The molecule has 4 N–H and O–H groups in total. The first-order valence-corrected chi connectivity index (χ1v) is 5.11. The highest BCUT2D eigenvalue weighted by Crippen LogP contribution is 2.28. The van der Waals surface area contributed by atoms with Crippen molar-refractivity contribution >= 4 is 11.6 Å². The summed E-state index contributed by atoms with van der Waals surface area (Å²) >= 11 is 0. The molecule has 8 heteroatoms. The van der Waals surface area contributed by atoms with Crippen LogP contribution in [0.5, 0.6) is 0 Å². The van der Waals surface area contributed by atoms with E-state index in [1.807, 2.05) is 0 Å². The smallest absolute Gasteiger partial charge is 0.397 e. The lowest BCUT2D eigenvalue weighted by Crippen LogP contribution is -2.13. The summed E-state index contributed by atoms with van der Waals surface area (Å²) in [6.07, 6.45) is -3.43. The Labute approximate surface area is 105 Å². The van der Waals surface area contributed by atoms with E-state index in [9.17, 15) is 18.0 Å². The van der Waals surface area contributed by atoms with Gasteiger partial charge in [0.1, 0.15) is 0 Å². The highest BCUT2D eigenvalue weighted by molar-refractivity contribution is 5.94. The second-order valence-corrected chi connectivity index (χ2v) is 3.78. The number of halogens is 3.